The first-order valence-electron chi connectivity index (χ1n) is 7.81. The highest BCUT2D eigenvalue weighted by atomic mass is 32.1. The molecule has 0 aliphatic carbocycles. The van der Waals surface area contributed by atoms with Crippen LogP contribution in [0.25, 0.3) is 10.2 Å². The molecule has 0 aliphatic rings. The van der Waals surface area contributed by atoms with Crippen LogP contribution in [0.2, 0.25) is 0 Å². The van der Waals surface area contributed by atoms with Gasteiger partial charge in [-0.25, -0.2) is 9.37 Å². The van der Waals surface area contributed by atoms with Gasteiger partial charge in [-0.05, 0) is 30.7 Å². The van der Waals surface area contributed by atoms with Gasteiger partial charge in [0.2, 0.25) is 5.91 Å². The quantitative estimate of drug-likeness (QED) is 0.498. The number of carbonyl (C=O) groups is 1. The van der Waals surface area contributed by atoms with E-state index >= 15 is 0 Å². The van der Waals surface area contributed by atoms with Crippen LogP contribution in [-0.2, 0) is 11.2 Å². The summed E-state index contributed by atoms with van der Waals surface area (Å²) in [7, 11) is 0. The third-order valence-corrected chi connectivity index (χ3v) is 4.38. The van der Waals surface area contributed by atoms with Crippen molar-refractivity contribution in [1.82, 2.24) is 4.98 Å². The summed E-state index contributed by atoms with van der Waals surface area (Å²) in [5.74, 6) is -0.635. The van der Waals surface area contributed by atoms with E-state index in [4.69, 9.17) is 4.74 Å². The molecule has 3 aromatic rings. The number of halogens is 1. The van der Waals surface area contributed by atoms with Crippen LogP contribution in [0, 0.1) is 5.82 Å². The average Bonchev–Trinajstić information content (AvgIpc) is 3.06. The van der Waals surface area contributed by atoms with Crippen LogP contribution in [0.5, 0.6) is 5.75 Å². The van der Waals surface area contributed by atoms with Crippen molar-refractivity contribution in [2.75, 3.05) is 11.9 Å². The number of benzene rings is 2. The van der Waals surface area contributed by atoms with E-state index in [1.165, 1.54) is 11.3 Å². The summed E-state index contributed by atoms with van der Waals surface area (Å²) in [5, 5.41) is 2.79. The van der Waals surface area contributed by atoms with E-state index in [1.54, 1.807) is 35.9 Å². The molecular formula is C19H17FN2O2S. The topological polar surface area (TPSA) is 51.2 Å². The summed E-state index contributed by atoms with van der Waals surface area (Å²) in [6.07, 6.45) is 2.27. The lowest BCUT2D eigenvalue weighted by Gasteiger charge is -2.10. The fourth-order valence-electron chi connectivity index (χ4n) is 2.37. The van der Waals surface area contributed by atoms with Crippen LogP contribution in [0.3, 0.4) is 0 Å². The van der Waals surface area contributed by atoms with Crippen molar-refractivity contribution < 1.29 is 13.9 Å². The summed E-state index contributed by atoms with van der Waals surface area (Å²) in [5.41, 5.74) is 3.61. The zero-order valence-electron chi connectivity index (χ0n) is 13.5. The van der Waals surface area contributed by atoms with Crippen LogP contribution in [0.4, 0.5) is 10.1 Å². The first-order chi connectivity index (χ1) is 12.2. The Morgan fingerprint density at radius 3 is 3.08 bits per heavy atom. The molecule has 1 aromatic heterocycles. The van der Waals surface area contributed by atoms with Gasteiger partial charge in [-0.2, -0.15) is 0 Å². The van der Waals surface area contributed by atoms with Crippen molar-refractivity contribution in [3.63, 3.8) is 0 Å². The lowest BCUT2D eigenvalue weighted by Crippen LogP contribution is -2.15. The van der Waals surface area contributed by atoms with Crippen molar-refractivity contribution in [2.24, 2.45) is 0 Å². The van der Waals surface area contributed by atoms with Crippen LogP contribution in [-0.4, -0.2) is 17.5 Å². The van der Waals surface area contributed by atoms with Gasteiger partial charge in [0.1, 0.15) is 0 Å². The first-order valence-corrected chi connectivity index (χ1v) is 8.69. The number of carbonyl (C=O) groups excluding carboxylic acids is 1. The van der Waals surface area contributed by atoms with Crippen molar-refractivity contribution >= 4 is 33.1 Å². The molecule has 4 nitrogen and oxygen atoms in total. The van der Waals surface area contributed by atoms with Crippen LogP contribution >= 0.6 is 11.3 Å². The molecule has 0 saturated heterocycles. The Morgan fingerprint density at radius 1 is 1.36 bits per heavy atom. The summed E-state index contributed by atoms with van der Waals surface area (Å²) < 4.78 is 20.8. The number of thiazole rings is 1. The molecule has 128 valence electrons. The molecule has 0 spiro atoms. The van der Waals surface area contributed by atoms with Gasteiger partial charge in [-0.1, -0.05) is 18.2 Å². The highest BCUT2D eigenvalue weighted by Gasteiger charge is 2.13. The Kier molecular flexibility index (Phi) is 5.40. The van der Waals surface area contributed by atoms with Gasteiger partial charge >= 0.3 is 0 Å². The zero-order valence-corrected chi connectivity index (χ0v) is 14.3. The van der Waals surface area contributed by atoms with Crippen molar-refractivity contribution in [3.05, 3.63) is 65.9 Å². The zero-order chi connectivity index (χ0) is 17.6. The lowest BCUT2D eigenvalue weighted by molar-refractivity contribution is -0.115. The molecule has 25 heavy (non-hydrogen) atoms. The molecular weight excluding hydrogens is 339 g/mol. The number of hydrogen-bond acceptors (Lipinski definition) is 4. The number of aromatic nitrogens is 1. The number of anilines is 1. The second kappa shape index (κ2) is 7.90. The molecule has 0 radical (unpaired) electrons. The maximum atomic E-state index is 14.4. The molecule has 0 aliphatic heterocycles. The summed E-state index contributed by atoms with van der Waals surface area (Å²) in [6, 6.07) is 10.3. The van der Waals surface area contributed by atoms with Gasteiger partial charge in [-0.15, -0.1) is 17.9 Å². The van der Waals surface area contributed by atoms with Crippen molar-refractivity contribution in [3.8, 4) is 5.75 Å². The summed E-state index contributed by atoms with van der Waals surface area (Å²) in [4.78, 5) is 16.4. The van der Waals surface area contributed by atoms with Gasteiger partial charge in [0.25, 0.3) is 0 Å². The van der Waals surface area contributed by atoms with Gasteiger partial charge < -0.3 is 10.1 Å². The molecule has 3 rings (SSSR count). The standard InChI is InChI=1S/C19H17FN2O2S/c1-2-3-9-24-16-6-4-5-13(19(16)20)10-18(23)22-14-7-8-15-17(11-14)25-12-21-15/h2,4-8,11-12H,1,3,9-10H2,(H,22,23). The van der Waals surface area contributed by atoms with Crippen LogP contribution in [0.15, 0.2) is 54.6 Å². The Hall–Kier alpha value is -2.73. The maximum Gasteiger partial charge on any atom is 0.228 e. The van der Waals surface area contributed by atoms with Crippen molar-refractivity contribution in [2.45, 2.75) is 12.8 Å². The first kappa shape index (κ1) is 17.1. The van der Waals surface area contributed by atoms with Gasteiger partial charge in [-0.3, -0.25) is 4.79 Å². The second-order valence-corrected chi connectivity index (χ2v) is 6.30. The number of fused-ring (bicyclic) bond motifs is 1. The van der Waals surface area contributed by atoms with E-state index in [2.05, 4.69) is 16.9 Å². The third-order valence-electron chi connectivity index (χ3n) is 3.59. The predicted octanol–water partition coefficient (Wildman–Crippen LogP) is 4.57. The molecule has 0 atom stereocenters. The maximum absolute atomic E-state index is 14.4. The molecule has 1 amide bonds. The number of rotatable bonds is 7. The fraction of sp³-hybridized carbons (Fsp3) is 0.158. The molecule has 0 unspecified atom stereocenters. The molecule has 1 N–H and O–H groups in total. The largest absolute Gasteiger partial charge is 0.490 e. The van der Waals surface area contributed by atoms with E-state index in [-0.39, 0.29) is 18.1 Å². The molecule has 0 saturated carbocycles. The normalized spacial score (nSPS) is 10.6. The van der Waals surface area contributed by atoms with E-state index in [0.29, 0.717) is 24.3 Å². The minimum Gasteiger partial charge on any atom is -0.490 e. The smallest absolute Gasteiger partial charge is 0.228 e. The number of amides is 1. The number of nitrogens with zero attached hydrogens (tertiary/aromatic N) is 1. The highest BCUT2D eigenvalue weighted by molar-refractivity contribution is 7.16. The monoisotopic (exact) mass is 356 g/mol. The van der Waals surface area contributed by atoms with Crippen molar-refractivity contribution in [1.29, 1.82) is 0 Å². The molecule has 1 heterocycles. The van der Waals surface area contributed by atoms with Crippen LogP contribution in [0.1, 0.15) is 12.0 Å². The van der Waals surface area contributed by atoms with Gasteiger partial charge in [0, 0.05) is 11.3 Å². The predicted molar refractivity (Wildman–Crippen MR) is 98.7 cm³/mol. The Labute approximate surface area is 149 Å². The van der Waals surface area contributed by atoms with Crippen LogP contribution < -0.4 is 10.1 Å². The molecule has 2 aromatic carbocycles. The minimum absolute atomic E-state index is 0.0643. The summed E-state index contributed by atoms with van der Waals surface area (Å²) in [6.45, 7) is 3.95. The average molecular weight is 356 g/mol. The third kappa shape index (κ3) is 4.22. The Morgan fingerprint density at radius 2 is 2.24 bits per heavy atom. The minimum atomic E-state index is -0.500. The molecule has 6 heteroatoms. The Bertz CT molecular complexity index is 907. The van der Waals surface area contributed by atoms with E-state index in [9.17, 15) is 9.18 Å². The highest BCUT2D eigenvalue weighted by Crippen LogP contribution is 2.23. The number of nitrogens with one attached hydrogen (secondary N) is 1. The SMILES string of the molecule is C=CCCOc1cccc(CC(=O)Nc2ccc3ncsc3c2)c1F. The van der Waals surface area contributed by atoms with E-state index in [0.717, 1.165) is 10.2 Å². The van der Waals surface area contributed by atoms with Gasteiger partial charge in [0.05, 0.1) is 28.8 Å². The lowest BCUT2D eigenvalue weighted by atomic mass is 10.1. The second-order valence-electron chi connectivity index (χ2n) is 5.41. The number of hydrogen-bond donors (Lipinski definition) is 1. The fourth-order valence-corrected chi connectivity index (χ4v) is 3.08. The van der Waals surface area contributed by atoms with Gasteiger partial charge in [0.15, 0.2) is 11.6 Å². The Balaban J connectivity index is 1.67. The number of ether oxygens (including phenoxy) is 1. The van der Waals surface area contributed by atoms with E-state index in [1.807, 2.05) is 12.1 Å². The summed E-state index contributed by atoms with van der Waals surface area (Å²) >= 11 is 1.50. The molecule has 0 bridgehead atoms. The van der Waals surface area contributed by atoms with E-state index < -0.39 is 5.82 Å². The molecule has 0 fully saturated rings.